The molecular weight excluding hydrogens is 389 g/mol. The maximum absolute atomic E-state index is 13.9. The number of amides is 1. The summed E-state index contributed by atoms with van der Waals surface area (Å²) in [5, 5.41) is 6.63. The van der Waals surface area contributed by atoms with E-state index in [0.717, 1.165) is 4.47 Å². The van der Waals surface area contributed by atoms with Gasteiger partial charge in [-0.3, -0.25) is 4.79 Å². The Morgan fingerprint density at radius 2 is 2.22 bits per heavy atom. The minimum atomic E-state index is -0.855. The molecule has 1 aliphatic rings. The van der Waals surface area contributed by atoms with Gasteiger partial charge in [-0.1, -0.05) is 22.8 Å². The number of pyridine rings is 1. The molecule has 2 heterocycles. The van der Waals surface area contributed by atoms with Crippen molar-refractivity contribution in [2.45, 2.75) is 12.5 Å². The molecule has 1 aliphatic heterocycles. The molecule has 1 aromatic heterocycles. The lowest BCUT2D eigenvalue weighted by molar-refractivity contribution is -0.125. The lowest BCUT2D eigenvalue weighted by Crippen LogP contribution is -2.28. The second-order valence-corrected chi connectivity index (χ2v) is 6.11. The van der Waals surface area contributed by atoms with Crippen molar-refractivity contribution in [2.24, 2.45) is 5.16 Å². The number of oxime groups is 1. The standard InChI is InChI=1S/C15H10BrClFN3O2/c16-8-4-5-13(19-7-8)20-15(22)12-6-11(21-23-12)14-9(17)2-1-3-10(14)18/h1-5,7,12H,6H2,(H,19,20,22)/t12-/m0/s1. The number of hydrogen-bond acceptors (Lipinski definition) is 4. The minimum absolute atomic E-state index is 0.128. The largest absolute Gasteiger partial charge is 0.382 e. The quantitative estimate of drug-likeness (QED) is 0.856. The molecule has 8 heteroatoms. The highest BCUT2D eigenvalue weighted by molar-refractivity contribution is 9.10. The van der Waals surface area contributed by atoms with E-state index in [0.29, 0.717) is 11.5 Å². The van der Waals surface area contributed by atoms with Gasteiger partial charge in [-0.15, -0.1) is 0 Å². The molecule has 0 unspecified atom stereocenters. The number of carbonyl (C=O) groups is 1. The van der Waals surface area contributed by atoms with Gasteiger partial charge in [0.1, 0.15) is 11.6 Å². The lowest BCUT2D eigenvalue weighted by Gasteiger charge is -2.09. The summed E-state index contributed by atoms with van der Waals surface area (Å²) in [6.07, 6.45) is 0.834. The van der Waals surface area contributed by atoms with E-state index in [1.54, 1.807) is 24.4 Å². The predicted molar refractivity (Wildman–Crippen MR) is 88.0 cm³/mol. The number of benzene rings is 1. The molecule has 0 radical (unpaired) electrons. The predicted octanol–water partition coefficient (Wildman–Crippen LogP) is 3.77. The topological polar surface area (TPSA) is 63.6 Å². The summed E-state index contributed by atoms with van der Waals surface area (Å²) in [4.78, 5) is 21.3. The average molecular weight is 399 g/mol. The van der Waals surface area contributed by atoms with Crippen molar-refractivity contribution in [3.63, 3.8) is 0 Å². The van der Waals surface area contributed by atoms with Gasteiger partial charge in [0.15, 0.2) is 0 Å². The first-order chi connectivity index (χ1) is 11.0. The maximum Gasteiger partial charge on any atom is 0.269 e. The van der Waals surface area contributed by atoms with E-state index in [1.165, 1.54) is 12.1 Å². The average Bonchev–Trinajstić information content (AvgIpc) is 2.99. The van der Waals surface area contributed by atoms with Crippen LogP contribution in [0.25, 0.3) is 0 Å². The van der Waals surface area contributed by atoms with Crippen LogP contribution < -0.4 is 5.32 Å². The van der Waals surface area contributed by atoms with Crippen molar-refractivity contribution >= 4 is 45.0 Å². The number of rotatable bonds is 3. The second-order valence-electron chi connectivity index (χ2n) is 4.78. The number of carbonyl (C=O) groups excluding carboxylic acids is 1. The van der Waals surface area contributed by atoms with E-state index >= 15 is 0 Å². The highest BCUT2D eigenvalue weighted by Crippen LogP contribution is 2.26. The van der Waals surface area contributed by atoms with E-state index < -0.39 is 17.8 Å². The Labute approximate surface area is 144 Å². The lowest BCUT2D eigenvalue weighted by atomic mass is 10.0. The summed E-state index contributed by atoms with van der Waals surface area (Å²) in [5.41, 5.74) is 0.461. The molecule has 0 saturated carbocycles. The Hall–Kier alpha value is -1.99. The highest BCUT2D eigenvalue weighted by Gasteiger charge is 2.31. The fourth-order valence-corrected chi connectivity index (χ4v) is 2.60. The van der Waals surface area contributed by atoms with Gasteiger partial charge >= 0.3 is 0 Å². The zero-order valence-corrected chi connectivity index (χ0v) is 13.9. The van der Waals surface area contributed by atoms with Crippen molar-refractivity contribution in [1.29, 1.82) is 0 Å². The van der Waals surface area contributed by atoms with E-state index in [4.69, 9.17) is 16.4 Å². The molecule has 5 nitrogen and oxygen atoms in total. The third-order valence-corrected chi connectivity index (χ3v) is 3.98. The number of hydrogen-bond donors (Lipinski definition) is 1. The van der Waals surface area contributed by atoms with Crippen LogP contribution in [0.3, 0.4) is 0 Å². The van der Waals surface area contributed by atoms with E-state index in [2.05, 4.69) is 31.4 Å². The molecule has 1 amide bonds. The Kier molecular flexibility index (Phi) is 4.58. The van der Waals surface area contributed by atoms with E-state index in [1.807, 2.05) is 0 Å². The molecule has 1 atom stereocenters. The maximum atomic E-state index is 13.9. The smallest absolute Gasteiger partial charge is 0.269 e. The summed E-state index contributed by atoms with van der Waals surface area (Å²) in [6.45, 7) is 0. The fourth-order valence-electron chi connectivity index (χ4n) is 2.10. The first kappa shape index (κ1) is 15.9. The Morgan fingerprint density at radius 3 is 2.91 bits per heavy atom. The van der Waals surface area contributed by atoms with Gasteiger partial charge in [-0.2, -0.15) is 0 Å². The molecule has 3 rings (SSSR count). The van der Waals surface area contributed by atoms with Crippen molar-refractivity contribution < 1.29 is 14.0 Å². The van der Waals surface area contributed by atoms with Crippen molar-refractivity contribution in [1.82, 2.24) is 4.98 Å². The van der Waals surface area contributed by atoms with Gasteiger partial charge in [0, 0.05) is 17.1 Å². The third-order valence-electron chi connectivity index (χ3n) is 3.19. The third kappa shape index (κ3) is 3.51. The molecule has 118 valence electrons. The van der Waals surface area contributed by atoms with Crippen LogP contribution in [0.5, 0.6) is 0 Å². The normalized spacial score (nSPS) is 16.7. The first-order valence-corrected chi connectivity index (χ1v) is 7.81. The summed E-state index contributed by atoms with van der Waals surface area (Å²) >= 11 is 9.25. The van der Waals surface area contributed by atoms with Gasteiger partial charge in [-0.05, 0) is 40.2 Å². The summed E-state index contributed by atoms with van der Waals surface area (Å²) in [7, 11) is 0. The van der Waals surface area contributed by atoms with Crippen molar-refractivity contribution in [3.8, 4) is 0 Å². The zero-order valence-electron chi connectivity index (χ0n) is 11.6. The number of halogens is 3. The van der Waals surface area contributed by atoms with Gasteiger partial charge in [0.2, 0.25) is 6.10 Å². The monoisotopic (exact) mass is 397 g/mol. The Morgan fingerprint density at radius 1 is 1.39 bits per heavy atom. The van der Waals surface area contributed by atoms with Gasteiger partial charge in [0.25, 0.3) is 5.91 Å². The van der Waals surface area contributed by atoms with Crippen LogP contribution in [0.15, 0.2) is 46.2 Å². The molecule has 23 heavy (non-hydrogen) atoms. The van der Waals surface area contributed by atoms with Gasteiger partial charge < -0.3 is 10.2 Å². The SMILES string of the molecule is O=C(Nc1ccc(Br)cn1)[C@@H]1CC(c2c(F)cccc2Cl)=NO1. The molecule has 0 saturated heterocycles. The number of anilines is 1. The van der Waals surface area contributed by atoms with Crippen LogP contribution in [-0.4, -0.2) is 22.7 Å². The molecule has 1 N–H and O–H groups in total. The van der Waals surface area contributed by atoms with E-state index in [9.17, 15) is 9.18 Å². The summed E-state index contributed by atoms with van der Waals surface area (Å²) in [6, 6.07) is 7.73. The number of nitrogens with one attached hydrogen (secondary N) is 1. The van der Waals surface area contributed by atoms with Crippen LogP contribution >= 0.6 is 27.5 Å². The fraction of sp³-hybridized carbons (Fsp3) is 0.133. The summed E-state index contributed by atoms with van der Waals surface area (Å²) < 4.78 is 14.7. The molecule has 1 aromatic carbocycles. The van der Waals surface area contributed by atoms with Gasteiger partial charge in [-0.25, -0.2) is 9.37 Å². The van der Waals surface area contributed by atoms with Crippen molar-refractivity contribution in [3.05, 3.63) is 57.4 Å². The van der Waals surface area contributed by atoms with Crippen molar-refractivity contribution in [2.75, 3.05) is 5.32 Å². The second kappa shape index (κ2) is 6.64. The van der Waals surface area contributed by atoms with Crippen LogP contribution in [0.4, 0.5) is 10.2 Å². The molecule has 0 spiro atoms. The molecular formula is C15H10BrClFN3O2. The van der Waals surface area contributed by atoms with Crippen LogP contribution in [0.1, 0.15) is 12.0 Å². The van der Waals surface area contributed by atoms with Crippen LogP contribution in [0, 0.1) is 5.82 Å². The molecule has 0 fully saturated rings. The van der Waals surface area contributed by atoms with Crippen LogP contribution in [-0.2, 0) is 9.63 Å². The zero-order chi connectivity index (χ0) is 16.4. The number of nitrogens with zero attached hydrogens (tertiary/aromatic N) is 2. The van der Waals surface area contributed by atoms with Gasteiger partial charge in [0.05, 0.1) is 16.3 Å². The molecule has 2 aromatic rings. The first-order valence-electron chi connectivity index (χ1n) is 6.64. The molecule has 0 bridgehead atoms. The minimum Gasteiger partial charge on any atom is -0.382 e. The highest BCUT2D eigenvalue weighted by atomic mass is 79.9. The Balaban J connectivity index is 1.69. The Bertz CT molecular complexity index is 763. The summed E-state index contributed by atoms with van der Waals surface area (Å²) in [5.74, 6) is -0.527. The molecule has 0 aliphatic carbocycles. The van der Waals surface area contributed by atoms with Crippen LogP contribution in [0.2, 0.25) is 5.02 Å². The number of aromatic nitrogens is 1. The van der Waals surface area contributed by atoms with E-state index in [-0.39, 0.29) is 17.0 Å².